The number of nitrogens with zero attached hydrogens (tertiary/aromatic N) is 2. The molecule has 1 aromatic rings. The summed E-state index contributed by atoms with van der Waals surface area (Å²) in [6.45, 7) is 2.49. The molecular formula is C15H13BrN2O3S2. The monoisotopic (exact) mass is 412 g/mol. The van der Waals surface area contributed by atoms with Crippen LogP contribution < -0.4 is 9.47 Å². The number of hydrogen-bond acceptors (Lipinski definition) is 6. The molecule has 23 heavy (non-hydrogen) atoms. The van der Waals surface area contributed by atoms with Crippen LogP contribution in [0.5, 0.6) is 11.5 Å². The van der Waals surface area contributed by atoms with Gasteiger partial charge in [-0.05, 0) is 40.5 Å². The summed E-state index contributed by atoms with van der Waals surface area (Å²) in [7, 11) is 0. The van der Waals surface area contributed by atoms with Gasteiger partial charge in [-0.3, -0.25) is 4.79 Å². The second kappa shape index (κ2) is 8.34. The first-order chi connectivity index (χ1) is 11.1. The van der Waals surface area contributed by atoms with Gasteiger partial charge in [0.1, 0.15) is 6.61 Å². The fourth-order valence-electron chi connectivity index (χ4n) is 1.76. The Morgan fingerprint density at radius 3 is 2.96 bits per heavy atom. The maximum atomic E-state index is 11.6. The Bertz CT molecular complexity index is 685. The van der Waals surface area contributed by atoms with Crippen LogP contribution in [-0.2, 0) is 4.79 Å². The molecule has 1 fully saturated rings. The molecule has 2 rings (SSSR count). The lowest BCUT2D eigenvalue weighted by Crippen LogP contribution is -2.22. The van der Waals surface area contributed by atoms with E-state index in [9.17, 15) is 4.79 Å². The van der Waals surface area contributed by atoms with E-state index in [1.807, 2.05) is 6.92 Å². The van der Waals surface area contributed by atoms with Crippen molar-refractivity contribution in [1.82, 2.24) is 5.01 Å². The van der Waals surface area contributed by atoms with Gasteiger partial charge < -0.3 is 9.47 Å². The highest BCUT2D eigenvalue weighted by molar-refractivity contribution is 9.10. The van der Waals surface area contributed by atoms with Crippen molar-refractivity contribution in [3.63, 3.8) is 0 Å². The van der Waals surface area contributed by atoms with Crippen molar-refractivity contribution >= 4 is 56.4 Å². The number of terminal acetylenes is 1. The Labute approximate surface area is 152 Å². The molecule has 1 aromatic carbocycles. The maximum absolute atomic E-state index is 11.6. The van der Waals surface area contributed by atoms with Crippen molar-refractivity contribution in [2.24, 2.45) is 5.10 Å². The van der Waals surface area contributed by atoms with Gasteiger partial charge in [-0.1, -0.05) is 29.9 Å². The van der Waals surface area contributed by atoms with E-state index in [4.69, 9.17) is 28.1 Å². The summed E-state index contributed by atoms with van der Waals surface area (Å²) >= 11 is 9.80. The molecule has 0 saturated carbocycles. The summed E-state index contributed by atoms with van der Waals surface area (Å²) in [5.41, 5.74) is 0.737. The first-order valence-corrected chi connectivity index (χ1v) is 8.81. The number of carbonyl (C=O) groups excluding carboxylic acids is 1. The fraction of sp³-hybridized carbons (Fsp3) is 0.267. The number of ether oxygens (including phenoxy) is 2. The first-order valence-electron chi connectivity index (χ1n) is 6.63. The predicted octanol–water partition coefficient (Wildman–Crippen LogP) is 3.05. The molecule has 0 aromatic heterocycles. The van der Waals surface area contributed by atoms with E-state index in [1.165, 1.54) is 16.8 Å². The summed E-state index contributed by atoms with van der Waals surface area (Å²) < 4.78 is 12.2. The van der Waals surface area contributed by atoms with Crippen molar-refractivity contribution in [3.8, 4) is 23.8 Å². The molecule has 0 N–H and O–H groups in total. The predicted molar refractivity (Wildman–Crippen MR) is 99.1 cm³/mol. The zero-order chi connectivity index (χ0) is 16.8. The highest BCUT2D eigenvalue weighted by atomic mass is 79.9. The third-order valence-corrected chi connectivity index (χ3v) is 4.61. The van der Waals surface area contributed by atoms with Crippen molar-refractivity contribution in [2.75, 3.05) is 19.0 Å². The molecule has 1 aliphatic heterocycles. The van der Waals surface area contributed by atoms with Gasteiger partial charge in [0.2, 0.25) is 0 Å². The molecule has 5 nitrogen and oxygen atoms in total. The lowest BCUT2D eigenvalue weighted by molar-refractivity contribution is -0.123. The van der Waals surface area contributed by atoms with Crippen molar-refractivity contribution < 1.29 is 14.3 Å². The number of thiocarbonyl (C=S) groups is 1. The van der Waals surface area contributed by atoms with Crippen LogP contribution >= 0.6 is 39.9 Å². The number of halogens is 1. The lowest BCUT2D eigenvalue weighted by atomic mass is 10.2. The fourth-order valence-corrected chi connectivity index (χ4v) is 3.30. The number of carbonyl (C=O) groups is 1. The molecule has 8 heteroatoms. The van der Waals surface area contributed by atoms with Crippen LogP contribution in [-0.4, -0.2) is 40.4 Å². The van der Waals surface area contributed by atoms with Gasteiger partial charge in [0.05, 0.1) is 23.0 Å². The van der Waals surface area contributed by atoms with Crippen LogP contribution in [0.3, 0.4) is 0 Å². The van der Waals surface area contributed by atoms with Crippen molar-refractivity contribution in [2.45, 2.75) is 6.92 Å². The van der Waals surface area contributed by atoms with Crippen LogP contribution in [0.1, 0.15) is 12.5 Å². The lowest BCUT2D eigenvalue weighted by Gasteiger charge is -2.13. The maximum Gasteiger partial charge on any atom is 0.259 e. The molecule has 120 valence electrons. The van der Waals surface area contributed by atoms with Gasteiger partial charge in [-0.25, -0.2) is 0 Å². The molecule has 1 heterocycles. The number of hydrazone groups is 1. The number of rotatable bonds is 6. The summed E-state index contributed by atoms with van der Waals surface area (Å²) in [5, 5.41) is 5.36. The minimum absolute atomic E-state index is 0.130. The largest absolute Gasteiger partial charge is 0.490 e. The Kier molecular flexibility index (Phi) is 6.45. The van der Waals surface area contributed by atoms with Crippen LogP contribution in [0.25, 0.3) is 0 Å². The van der Waals surface area contributed by atoms with Gasteiger partial charge >= 0.3 is 0 Å². The van der Waals surface area contributed by atoms with Gasteiger partial charge in [0.15, 0.2) is 15.8 Å². The Balaban J connectivity index is 2.27. The molecule has 0 spiro atoms. The Morgan fingerprint density at radius 2 is 2.35 bits per heavy atom. The molecule has 1 aliphatic rings. The normalized spacial score (nSPS) is 14.4. The molecule has 0 radical (unpaired) electrons. The number of hydrogen-bond donors (Lipinski definition) is 0. The number of thioether (sulfide) groups is 1. The number of benzene rings is 1. The van der Waals surface area contributed by atoms with E-state index >= 15 is 0 Å². The zero-order valence-electron chi connectivity index (χ0n) is 12.2. The van der Waals surface area contributed by atoms with Gasteiger partial charge in [0, 0.05) is 0 Å². The second-order valence-corrected chi connectivity index (χ2v) is 6.72. The minimum Gasteiger partial charge on any atom is -0.490 e. The van der Waals surface area contributed by atoms with E-state index < -0.39 is 0 Å². The van der Waals surface area contributed by atoms with E-state index in [1.54, 1.807) is 18.3 Å². The highest BCUT2D eigenvalue weighted by Crippen LogP contribution is 2.36. The van der Waals surface area contributed by atoms with Gasteiger partial charge in [-0.15, -0.1) is 6.42 Å². The Morgan fingerprint density at radius 1 is 1.57 bits per heavy atom. The van der Waals surface area contributed by atoms with Gasteiger partial charge in [-0.2, -0.15) is 10.1 Å². The van der Waals surface area contributed by atoms with E-state index in [0.717, 1.165) is 5.56 Å². The quantitative estimate of drug-likeness (QED) is 0.408. The summed E-state index contributed by atoms with van der Waals surface area (Å²) in [4.78, 5) is 11.6. The van der Waals surface area contributed by atoms with E-state index in [2.05, 4.69) is 27.0 Å². The first kappa shape index (κ1) is 17.8. The summed E-state index contributed by atoms with van der Waals surface area (Å²) in [6.07, 6.45) is 6.77. The second-order valence-electron chi connectivity index (χ2n) is 4.26. The molecule has 0 aliphatic carbocycles. The SMILES string of the molecule is C#CCOc1c(Br)cc(/C=N\N2C(=O)CSC2=S)cc1OCC. The summed E-state index contributed by atoms with van der Waals surface area (Å²) in [5.74, 6) is 3.68. The molecule has 1 saturated heterocycles. The minimum atomic E-state index is -0.130. The number of amides is 1. The molecule has 0 atom stereocenters. The average molecular weight is 413 g/mol. The van der Waals surface area contributed by atoms with Gasteiger partial charge in [0.25, 0.3) is 5.91 Å². The van der Waals surface area contributed by atoms with Crippen LogP contribution in [0.15, 0.2) is 21.7 Å². The smallest absolute Gasteiger partial charge is 0.259 e. The molecular weight excluding hydrogens is 400 g/mol. The van der Waals surface area contributed by atoms with Crippen molar-refractivity contribution in [1.29, 1.82) is 0 Å². The zero-order valence-corrected chi connectivity index (χ0v) is 15.5. The summed E-state index contributed by atoms with van der Waals surface area (Å²) in [6, 6.07) is 3.56. The third-order valence-electron chi connectivity index (χ3n) is 2.68. The van der Waals surface area contributed by atoms with Crippen LogP contribution in [0, 0.1) is 12.3 Å². The van der Waals surface area contributed by atoms with Crippen molar-refractivity contribution in [3.05, 3.63) is 22.2 Å². The Hall–Kier alpha value is -1.56. The van der Waals surface area contributed by atoms with E-state index in [0.29, 0.717) is 32.7 Å². The van der Waals surface area contributed by atoms with Crippen LogP contribution in [0.4, 0.5) is 0 Å². The topological polar surface area (TPSA) is 51.1 Å². The third kappa shape index (κ3) is 4.47. The van der Waals surface area contributed by atoms with Crippen LogP contribution in [0.2, 0.25) is 0 Å². The molecule has 1 amide bonds. The average Bonchev–Trinajstić information content (AvgIpc) is 2.83. The molecule has 0 unspecified atom stereocenters. The van der Waals surface area contributed by atoms with E-state index in [-0.39, 0.29) is 12.5 Å². The molecule has 0 bridgehead atoms. The standard InChI is InChI=1S/C15H13BrN2O3S2/c1-3-5-21-14-11(16)6-10(7-12(14)20-4-2)8-17-18-13(19)9-23-15(18)22/h1,6-8H,4-5,9H2,2H3/b17-8-. The highest BCUT2D eigenvalue weighted by Gasteiger charge is 2.26.